The van der Waals surface area contributed by atoms with E-state index in [0.717, 1.165) is 5.56 Å². The predicted molar refractivity (Wildman–Crippen MR) is 103 cm³/mol. The first-order valence-corrected chi connectivity index (χ1v) is 8.44. The predicted octanol–water partition coefficient (Wildman–Crippen LogP) is 4.04. The molecular weight excluding hydrogens is 386 g/mol. The fraction of sp³-hybridized carbons (Fsp3) is 0.0526. The van der Waals surface area contributed by atoms with Crippen LogP contribution in [0.2, 0.25) is 5.02 Å². The molecule has 0 bridgehead atoms. The van der Waals surface area contributed by atoms with Crippen molar-refractivity contribution in [2.24, 2.45) is 5.10 Å². The summed E-state index contributed by atoms with van der Waals surface area (Å²) in [6.07, 6.45) is 1.34. The van der Waals surface area contributed by atoms with Gasteiger partial charge in [0.1, 0.15) is 11.5 Å². The number of halogens is 1. The molecule has 0 fully saturated rings. The number of furan rings is 1. The summed E-state index contributed by atoms with van der Waals surface area (Å²) in [6, 6.07) is 16.4. The second kappa shape index (κ2) is 8.83. The Labute approximate surface area is 164 Å². The number of nitrogens with zero attached hydrogens (tertiary/aromatic N) is 2. The Balaban J connectivity index is 1.53. The second-order valence-electron chi connectivity index (χ2n) is 5.52. The average Bonchev–Trinajstić information content (AvgIpc) is 3.16. The molecular formula is C19H14ClN3O5. The van der Waals surface area contributed by atoms with E-state index < -0.39 is 17.4 Å². The lowest BCUT2D eigenvalue weighted by molar-refractivity contribution is -0.385. The van der Waals surface area contributed by atoms with Crippen molar-refractivity contribution in [2.75, 3.05) is 6.61 Å². The SMILES string of the molecule is O=C(COc1ccccc1[N+](=O)[O-])N/N=C/c1ccc(-c2ccc(Cl)cc2)o1. The second-order valence-corrected chi connectivity index (χ2v) is 5.95. The van der Waals surface area contributed by atoms with E-state index in [1.165, 1.54) is 24.4 Å². The van der Waals surface area contributed by atoms with Crippen LogP contribution < -0.4 is 10.2 Å². The minimum Gasteiger partial charge on any atom is -0.477 e. The Morgan fingerprint density at radius 3 is 2.68 bits per heavy atom. The molecule has 2 aromatic carbocycles. The van der Waals surface area contributed by atoms with Crippen LogP contribution in [-0.4, -0.2) is 23.7 Å². The summed E-state index contributed by atoms with van der Waals surface area (Å²) in [4.78, 5) is 22.1. The van der Waals surface area contributed by atoms with E-state index in [0.29, 0.717) is 16.5 Å². The number of hydrazone groups is 1. The molecule has 0 spiro atoms. The number of ether oxygens (including phenoxy) is 1. The number of hydrogen-bond acceptors (Lipinski definition) is 6. The van der Waals surface area contributed by atoms with Gasteiger partial charge in [-0.05, 0) is 42.5 Å². The molecule has 1 heterocycles. The molecule has 9 heteroatoms. The zero-order valence-electron chi connectivity index (χ0n) is 14.4. The number of rotatable bonds is 7. The molecule has 0 atom stereocenters. The number of nitro groups is 1. The Morgan fingerprint density at radius 1 is 1.18 bits per heavy atom. The molecule has 0 radical (unpaired) electrons. The van der Waals surface area contributed by atoms with Gasteiger partial charge in [-0.1, -0.05) is 23.7 Å². The van der Waals surface area contributed by atoms with Gasteiger partial charge in [0.15, 0.2) is 12.4 Å². The summed E-state index contributed by atoms with van der Waals surface area (Å²) in [6.45, 7) is -0.420. The summed E-state index contributed by atoms with van der Waals surface area (Å²) in [7, 11) is 0. The highest BCUT2D eigenvalue weighted by molar-refractivity contribution is 6.30. The van der Waals surface area contributed by atoms with Crippen LogP contribution in [0, 0.1) is 10.1 Å². The van der Waals surface area contributed by atoms with Crippen molar-refractivity contribution in [2.45, 2.75) is 0 Å². The molecule has 3 rings (SSSR count). The lowest BCUT2D eigenvalue weighted by atomic mass is 10.2. The number of para-hydroxylation sites is 2. The van der Waals surface area contributed by atoms with Crippen LogP contribution in [0.1, 0.15) is 5.76 Å². The fourth-order valence-electron chi connectivity index (χ4n) is 2.27. The first kappa shape index (κ1) is 19.1. The maximum Gasteiger partial charge on any atom is 0.310 e. The van der Waals surface area contributed by atoms with Crippen LogP contribution in [0.15, 0.2) is 70.2 Å². The van der Waals surface area contributed by atoms with Crippen molar-refractivity contribution >= 4 is 29.4 Å². The fourth-order valence-corrected chi connectivity index (χ4v) is 2.39. The molecule has 142 valence electrons. The van der Waals surface area contributed by atoms with Gasteiger partial charge in [-0.3, -0.25) is 14.9 Å². The number of nitro benzene ring substituents is 1. The first-order valence-electron chi connectivity index (χ1n) is 8.07. The Bertz CT molecular complexity index is 1010. The van der Waals surface area contributed by atoms with Gasteiger partial charge < -0.3 is 9.15 Å². The van der Waals surface area contributed by atoms with Crippen molar-refractivity contribution in [3.05, 3.63) is 81.6 Å². The van der Waals surface area contributed by atoms with Crippen LogP contribution >= 0.6 is 11.6 Å². The van der Waals surface area contributed by atoms with Crippen LogP contribution in [0.4, 0.5) is 5.69 Å². The minimum atomic E-state index is -0.583. The first-order chi connectivity index (χ1) is 13.5. The maximum absolute atomic E-state index is 11.8. The summed E-state index contributed by atoms with van der Waals surface area (Å²) >= 11 is 5.86. The van der Waals surface area contributed by atoms with Crippen molar-refractivity contribution in [1.29, 1.82) is 0 Å². The number of carbonyl (C=O) groups excluding carboxylic acids is 1. The van der Waals surface area contributed by atoms with Gasteiger partial charge in [0.05, 0.1) is 11.1 Å². The molecule has 3 aromatic rings. The van der Waals surface area contributed by atoms with Crippen molar-refractivity contribution < 1.29 is 18.9 Å². The lowest BCUT2D eigenvalue weighted by Gasteiger charge is -2.05. The minimum absolute atomic E-state index is 0.00488. The molecule has 0 aliphatic rings. The molecule has 28 heavy (non-hydrogen) atoms. The van der Waals surface area contributed by atoms with Gasteiger partial charge in [0, 0.05) is 16.7 Å². The molecule has 1 amide bonds. The third-order valence-corrected chi connectivity index (χ3v) is 3.81. The van der Waals surface area contributed by atoms with Gasteiger partial charge in [-0.2, -0.15) is 5.10 Å². The largest absolute Gasteiger partial charge is 0.477 e. The van der Waals surface area contributed by atoms with Crippen molar-refractivity contribution in [3.63, 3.8) is 0 Å². The Morgan fingerprint density at radius 2 is 1.93 bits per heavy atom. The average molecular weight is 400 g/mol. The number of nitrogens with one attached hydrogen (secondary N) is 1. The molecule has 0 saturated carbocycles. The van der Waals surface area contributed by atoms with E-state index in [1.54, 1.807) is 30.3 Å². The summed E-state index contributed by atoms with van der Waals surface area (Å²) < 4.78 is 10.8. The Kier molecular flexibility index (Phi) is 6.03. The highest BCUT2D eigenvalue weighted by atomic mass is 35.5. The highest BCUT2D eigenvalue weighted by Crippen LogP contribution is 2.25. The number of amides is 1. The van der Waals surface area contributed by atoms with Crippen molar-refractivity contribution in [3.8, 4) is 17.1 Å². The third kappa shape index (κ3) is 4.95. The molecule has 1 aromatic heterocycles. The van der Waals surface area contributed by atoms with Crippen LogP contribution in [0.25, 0.3) is 11.3 Å². The zero-order valence-corrected chi connectivity index (χ0v) is 15.1. The molecule has 8 nitrogen and oxygen atoms in total. The third-order valence-electron chi connectivity index (χ3n) is 3.56. The molecule has 0 unspecified atom stereocenters. The summed E-state index contributed by atoms with van der Waals surface area (Å²) in [5.74, 6) is 0.498. The van der Waals surface area contributed by atoms with E-state index in [2.05, 4.69) is 10.5 Å². The monoisotopic (exact) mass is 399 g/mol. The van der Waals surface area contributed by atoms with Gasteiger partial charge in [-0.25, -0.2) is 5.43 Å². The number of carbonyl (C=O) groups is 1. The van der Waals surface area contributed by atoms with E-state index in [-0.39, 0.29) is 11.4 Å². The van der Waals surface area contributed by atoms with Crippen molar-refractivity contribution in [1.82, 2.24) is 5.43 Å². The molecule has 0 aliphatic carbocycles. The van der Waals surface area contributed by atoms with E-state index >= 15 is 0 Å². The molecule has 1 N–H and O–H groups in total. The smallest absolute Gasteiger partial charge is 0.310 e. The van der Waals surface area contributed by atoms with Gasteiger partial charge in [0.2, 0.25) is 0 Å². The zero-order chi connectivity index (χ0) is 19.9. The van der Waals surface area contributed by atoms with Gasteiger partial charge >= 0.3 is 5.69 Å². The quantitative estimate of drug-likeness (QED) is 0.366. The number of hydrogen-bond donors (Lipinski definition) is 1. The normalized spacial score (nSPS) is 10.8. The molecule has 0 aliphatic heterocycles. The van der Waals surface area contributed by atoms with E-state index in [1.807, 2.05) is 12.1 Å². The molecule has 0 saturated heterocycles. The number of benzene rings is 2. The lowest BCUT2D eigenvalue weighted by Crippen LogP contribution is -2.24. The van der Waals surface area contributed by atoms with Gasteiger partial charge in [0.25, 0.3) is 5.91 Å². The maximum atomic E-state index is 11.8. The Hall–Kier alpha value is -3.65. The van der Waals surface area contributed by atoms with Crippen LogP contribution in [-0.2, 0) is 4.79 Å². The topological polar surface area (TPSA) is 107 Å². The van der Waals surface area contributed by atoms with E-state index in [4.69, 9.17) is 20.8 Å². The van der Waals surface area contributed by atoms with E-state index in [9.17, 15) is 14.9 Å². The summed E-state index contributed by atoms with van der Waals surface area (Å²) in [5, 5.41) is 15.3. The van der Waals surface area contributed by atoms with Crippen LogP contribution in [0.3, 0.4) is 0 Å². The standard InChI is InChI=1S/C19H14ClN3O5/c20-14-7-5-13(6-8-14)17-10-9-15(28-17)11-21-22-19(24)12-27-18-4-2-1-3-16(18)23(25)26/h1-11H,12H2,(H,22,24)/b21-11+. The highest BCUT2D eigenvalue weighted by Gasteiger charge is 2.14. The van der Waals surface area contributed by atoms with Gasteiger partial charge in [-0.15, -0.1) is 0 Å². The van der Waals surface area contributed by atoms with Crippen LogP contribution in [0.5, 0.6) is 5.75 Å². The summed E-state index contributed by atoms with van der Waals surface area (Å²) in [5.41, 5.74) is 2.90.